The summed E-state index contributed by atoms with van der Waals surface area (Å²) in [6.45, 7) is 11.5. The SMILES string of the molecule is CC(C)CC(Br)C(C)C(C)C. The van der Waals surface area contributed by atoms with Gasteiger partial charge in [0, 0.05) is 4.83 Å². The van der Waals surface area contributed by atoms with E-state index >= 15 is 0 Å². The molecule has 0 saturated heterocycles. The molecular weight excluding hydrogens is 200 g/mol. The second-order valence-corrected chi connectivity index (χ2v) is 5.42. The molecule has 0 amide bonds. The summed E-state index contributed by atoms with van der Waals surface area (Å²) in [4.78, 5) is 0.697. The molecule has 68 valence electrons. The van der Waals surface area contributed by atoms with Gasteiger partial charge in [-0.1, -0.05) is 50.5 Å². The van der Waals surface area contributed by atoms with Crippen molar-refractivity contribution in [3.8, 4) is 0 Å². The second kappa shape index (κ2) is 5.18. The van der Waals surface area contributed by atoms with Crippen LogP contribution in [0.4, 0.5) is 0 Å². The van der Waals surface area contributed by atoms with Crippen LogP contribution in [-0.2, 0) is 0 Å². The molecule has 0 radical (unpaired) electrons. The van der Waals surface area contributed by atoms with Gasteiger partial charge in [-0.05, 0) is 24.2 Å². The van der Waals surface area contributed by atoms with Gasteiger partial charge in [0.2, 0.25) is 0 Å². The number of halogens is 1. The molecule has 0 bridgehead atoms. The molecule has 0 aromatic heterocycles. The van der Waals surface area contributed by atoms with Crippen LogP contribution in [0.5, 0.6) is 0 Å². The summed E-state index contributed by atoms with van der Waals surface area (Å²) in [5, 5.41) is 0. The summed E-state index contributed by atoms with van der Waals surface area (Å²) in [7, 11) is 0. The Morgan fingerprint density at radius 1 is 1.00 bits per heavy atom. The Bertz CT molecular complexity index is 97.0. The van der Waals surface area contributed by atoms with Crippen LogP contribution in [0.1, 0.15) is 41.0 Å². The van der Waals surface area contributed by atoms with E-state index < -0.39 is 0 Å². The molecule has 0 aliphatic heterocycles. The van der Waals surface area contributed by atoms with Crippen molar-refractivity contribution < 1.29 is 0 Å². The highest BCUT2D eigenvalue weighted by atomic mass is 79.9. The lowest BCUT2D eigenvalue weighted by molar-refractivity contribution is 0.374. The van der Waals surface area contributed by atoms with Crippen molar-refractivity contribution in [3.05, 3.63) is 0 Å². The molecule has 0 aromatic carbocycles. The van der Waals surface area contributed by atoms with Gasteiger partial charge in [0.15, 0.2) is 0 Å². The molecule has 0 rings (SSSR count). The zero-order valence-electron chi connectivity index (χ0n) is 8.39. The number of hydrogen-bond acceptors (Lipinski definition) is 0. The minimum atomic E-state index is 0.697. The number of rotatable bonds is 4. The first-order valence-corrected chi connectivity index (χ1v) is 5.50. The fourth-order valence-corrected chi connectivity index (χ4v) is 2.44. The lowest BCUT2D eigenvalue weighted by Gasteiger charge is -2.23. The summed E-state index contributed by atoms with van der Waals surface area (Å²) >= 11 is 3.74. The molecular formula is C10H21Br. The van der Waals surface area contributed by atoms with E-state index in [0.717, 1.165) is 17.8 Å². The average molecular weight is 221 g/mol. The van der Waals surface area contributed by atoms with Gasteiger partial charge in [0.25, 0.3) is 0 Å². The van der Waals surface area contributed by atoms with Gasteiger partial charge in [0.05, 0.1) is 0 Å². The van der Waals surface area contributed by atoms with Crippen molar-refractivity contribution in [1.29, 1.82) is 0 Å². The van der Waals surface area contributed by atoms with E-state index in [0.29, 0.717) is 4.83 Å². The largest absolute Gasteiger partial charge is 0.0888 e. The van der Waals surface area contributed by atoms with Gasteiger partial charge in [-0.2, -0.15) is 0 Å². The topological polar surface area (TPSA) is 0 Å². The lowest BCUT2D eigenvalue weighted by atomic mass is 9.90. The van der Waals surface area contributed by atoms with Crippen LogP contribution in [-0.4, -0.2) is 4.83 Å². The highest BCUT2D eigenvalue weighted by molar-refractivity contribution is 9.09. The first-order chi connectivity index (χ1) is 4.95. The standard InChI is InChI=1S/C10H21Br/c1-7(2)6-10(11)9(5)8(3)4/h7-10H,6H2,1-5H3. The van der Waals surface area contributed by atoms with Crippen molar-refractivity contribution in [2.45, 2.75) is 45.9 Å². The Morgan fingerprint density at radius 3 is 1.73 bits per heavy atom. The van der Waals surface area contributed by atoms with Gasteiger partial charge in [0.1, 0.15) is 0 Å². The zero-order chi connectivity index (χ0) is 9.02. The quantitative estimate of drug-likeness (QED) is 0.627. The van der Waals surface area contributed by atoms with E-state index in [4.69, 9.17) is 0 Å². The lowest BCUT2D eigenvalue weighted by Crippen LogP contribution is -2.18. The summed E-state index contributed by atoms with van der Waals surface area (Å²) in [5.41, 5.74) is 0. The third kappa shape index (κ3) is 4.84. The van der Waals surface area contributed by atoms with Crippen molar-refractivity contribution in [1.82, 2.24) is 0 Å². The Balaban J connectivity index is 3.73. The normalized spacial score (nSPS) is 17.5. The van der Waals surface area contributed by atoms with Crippen molar-refractivity contribution in [3.63, 3.8) is 0 Å². The highest BCUT2D eigenvalue weighted by Gasteiger charge is 2.17. The molecule has 0 N–H and O–H groups in total. The molecule has 0 saturated carbocycles. The molecule has 0 spiro atoms. The fourth-order valence-electron chi connectivity index (χ4n) is 1.08. The van der Waals surface area contributed by atoms with Crippen LogP contribution in [0.2, 0.25) is 0 Å². The minimum absolute atomic E-state index is 0.697. The summed E-state index contributed by atoms with van der Waals surface area (Å²) in [6, 6.07) is 0. The van der Waals surface area contributed by atoms with Crippen LogP contribution in [0.3, 0.4) is 0 Å². The Labute approximate surface area is 79.9 Å². The van der Waals surface area contributed by atoms with E-state index in [9.17, 15) is 0 Å². The van der Waals surface area contributed by atoms with Gasteiger partial charge < -0.3 is 0 Å². The van der Waals surface area contributed by atoms with Crippen molar-refractivity contribution >= 4 is 15.9 Å². The third-order valence-electron chi connectivity index (χ3n) is 2.32. The number of alkyl halides is 1. The first-order valence-electron chi connectivity index (χ1n) is 4.59. The van der Waals surface area contributed by atoms with Gasteiger partial charge in [-0.3, -0.25) is 0 Å². The zero-order valence-corrected chi connectivity index (χ0v) is 9.98. The minimum Gasteiger partial charge on any atom is -0.0888 e. The predicted molar refractivity (Wildman–Crippen MR) is 56.2 cm³/mol. The highest BCUT2D eigenvalue weighted by Crippen LogP contribution is 2.26. The average Bonchev–Trinajstić information content (AvgIpc) is 1.84. The maximum absolute atomic E-state index is 3.74. The summed E-state index contributed by atoms with van der Waals surface area (Å²) in [6.07, 6.45) is 1.29. The van der Waals surface area contributed by atoms with Gasteiger partial charge >= 0.3 is 0 Å². The van der Waals surface area contributed by atoms with Crippen molar-refractivity contribution in [2.24, 2.45) is 17.8 Å². The maximum Gasteiger partial charge on any atom is 0.0176 e. The molecule has 0 fully saturated rings. The molecule has 0 nitrogen and oxygen atoms in total. The molecule has 11 heavy (non-hydrogen) atoms. The second-order valence-electron chi connectivity index (χ2n) is 4.25. The van der Waals surface area contributed by atoms with E-state index in [1.807, 2.05) is 0 Å². The molecule has 1 heteroatoms. The van der Waals surface area contributed by atoms with E-state index in [1.165, 1.54) is 6.42 Å². The molecule has 0 aliphatic rings. The first kappa shape index (κ1) is 11.5. The Hall–Kier alpha value is 0.480. The predicted octanol–water partition coefficient (Wildman–Crippen LogP) is 4.09. The van der Waals surface area contributed by atoms with Crippen LogP contribution in [0.25, 0.3) is 0 Å². The van der Waals surface area contributed by atoms with E-state index in [-0.39, 0.29) is 0 Å². The number of hydrogen-bond donors (Lipinski definition) is 0. The third-order valence-corrected chi connectivity index (χ3v) is 3.53. The van der Waals surface area contributed by atoms with Crippen molar-refractivity contribution in [2.75, 3.05) is 0 Å². The molecule has 0 aliphatic carbocycles. The van der Waals surface area contributed by atoms with E-state index in [2.05, 4.69) is 50.5 Å². The summed E-state index contributed by atoms with van der Waals surface area (Å²) < 4.78 is 0. The van der Waals surface area contributed by atoms with Gasteiger partial charge in [-0.25, -0.2) is 0 Å². The molecule has 0 aromatic rings. The van der Waals surface area contributed by atoms with Crippen LogP contribution < -0.4 is 0 Å². The molecule has 2 unspecified atom stereocenters. The smallest absolute Gasteiger partial charge is 0.0176 e. The van der Waals surface area contributed by atoms with Crippen LogP contribution in [0.15, 0.2) is 0 Å². The van der Waals surface area contributed by atoms with Crippen LogP contribution in [0, 0.1) is 17.8 Å². The van der Waals surface area contributed by atoms with E-state index in [1.54, 1.807) is 0 Å². The Kier molecular flexibility index (Phi) is 5.41. The van der Waals surface area contributed by atoms with Crippen LogP contribution >= 0.6 is 15.9 Å². The molecule has 0 heterocycles. The fraction of sp³-hybridized carbons (Fsp3) is 1.00. The van der Waals surface area contributed by atoms with Gasteiger partial charge in [-0.15, -0.1) is 0 Å². The Morgan fingerprint density at radius 2 is 1.45 bits per heavy atom. The maximum atomic E-state index is 3.74. The monoisotopic (exact) mass is 220 g/mol. The summed E-state index contributed by atoms with van der Waals surface area (Å²) in [5.74, 6) is 2.39. The molecule has 2 atom stereocenters.